The van der Waals surface area contributed by atoms with Gasteiger partial charge in [0.15, 0.2) is 11.5 Å². The van der Waals surface area contributed by atoms with Gasteiger partial charge in [0.2, 0.25) is 0 Å². The van der Waals surface area contributed by atoms with E-state index in [9.17, 15) is 0 Å². The first-order valence-electron chi connectivity index (χ1n) is 6.55. The highest BCUT2D eigenvalue weighted by Gasteiger charge is 2.28. The van der Waals surface area contributed by atoms with E-state index in [1.807, 2.05) is 31.3 Å². The molecule has 0 spiro atoms. The van der Waals surface area contributed by atoms with Gasteiger partial charge in [0, 0.05) is 21.2 Å². The zero-order chi connectivity index (χ0) is 13.9. The normalized spacial score (nSPS) is 18.8. The van der Waals surface area contributed by atoms with Crippen molar-refractivity contribution in [1.82, 2.24) is 5.32 Å². The molecule has 1 aromatic carbocycles. The summed E-state index contributed by atoms with van der Waals surface area (Å²) in [7, 11) is 1.97. The maximum Gasteiger partial charge on any atom is 0.161 e. The van der Waals surface area contributed by atoms with Crippen LogP contribution in [0.4, 0.5) is 0 Å². The SMILES string of the molecule is CNC(Cc1cc(Br)cs1)C1COc2ccccc2O1. The van der Waals surface area contributed by atoms with Crippen LogP contribution in [0.1, 0.15) is 4.88 Å². The van der Waals surface area contributed by atoms with Crippen LogP contribution in [0.3, 0.4) is 0 Å². The van der Waals surface area contributed by atoms with Gasteiger partial charge in [-0.05, 0) is 41.2 Å². The highest BCUT2D eigenvalue weighted by atomic mass is 79.9. The summed E-state index contributed by atoms with van der Waals surface area (Å²) < 4.78 is 13.0. The van der Waals surface area contributed by atoms with Crippen molar-refractivity contribution in [2.45, 2.75) is 18.6 Å². The number of thiophene rings is 1. The second kappa shape index (κ2) is 6.16. The lowest BCUT2D eigenvalue weighted by molar-refractivity contribution is 0.0643. The first-order chi connectivity index (χ1) is 9.76. The topological polar surface area (TPSA) is 30.5 Å². The molecule has 0 saturated heterocycles. The zero-order valence-corrected chi connectivity index (χ0v) is 13.5. The van der Waals surface area contributed by atoms with Gasteiger partial charge in [-0.2, -0.15) is 0 Å². The molecule has 1 aliphatic rings. The standard InChI is InChI=1S/C15H16BrNO2S/c1-17-12(7-11-6-10(16)9-20-11)15-8-18-13-4-2-3-5-14(13)19-15/h2-6,9,12,15,17H,7-8H2,1H3. The molecule has 0 bridgehead atoms. The van der Waals surface area contributed by atoms with E-state index in [2.05, 4.69) is 32.7 Å². The van der Waals surface area contributed by atoms with E-state index >= 15 is 0 Å². The monoisotopic (exact) mass is 353 g/mol. The third kappa shape index (κ3) is 3.00. The Kier molecular flexibility index (Phi) is 4.29. The Bertz CT molecular complexity index is 587. The second-order valence-electron chi connectivity index (χ2n) is 4.74. The molecule has 3 rings (SSSR count). The molecule has 0 fully saturated rings. The number of benzene rings is 1. The first-order valence-corrected chi connectivity index (χ1v) is 8.22. The van der Waals surface area contributed by atoms with Gasteiger partial charge in [-0.1, -0.05) is 12.1 Å². The lowest BCUT2D eigenvalue weighted by atomic mass is 10.1. The van der Waals surface area contributed by atoms with E-state index in [-0.39, 0.29) is 12.1 Å². The number of nitrogens with one attached hydrogen (secondary N) is 1. The molecule has 0 radical (unpaired) electrons. The number of rotatable bonds is 4. The second-order valence-corrected chi connectivity index (χ2v) is 6.66. The quantitative estimate of drug-likeness (QED) is 0.912. The number of ether oxygens (including phenoxy) is 2. The van der Waals surface area contributed by atoms with Crippen LogP contribution >= 0.6 is 27.3 Å². The number of halogens is 1. The zero-order valence-electron chi connectivity index (χ0n) is 11.1. The Morgan fingerprint density at radius 2 is 2.20 bits per heavy atom. The Labute approximate surface area is 131 Å². The Hall–Kier alpha value is -1.04. The van der Waals surface area contributed by atoms with Crippen molar-refractivity contribution in [3.8, 4) is 11.5 Å². The van der Waals surface area contributed by atoms with E-state index in [4.69, 9.17) is 9.47 Å². The van der Waals surface area contributed by atoms with Crippen LogP contribution in [0.25, 0.3) is 0 Å². The summed E-state index contributed by atoms with van der Waals surface area (Å²) >= 11 is 5.26. The predicted octanol–water partition coefficient (Wildman–Crippen LogP) is 3.48. The van der Waals surface area contributed by atoms with Gasteiger partial charge in [0.25, 0.3) is 0 Å². The molecule has 1 aliphatic heterocycles. The highest BCUT2D eigenvalue weighted by molar-refractivity contribution is 9.10. The van der Waals surface area contributed by atoms with Crippen LogP contribution in [-0.4, -0.2) is 25.8 Å². The van der Waals surface area contributed by atoms with E-state index in [0.29, 0.717) is 6.61 Å². The average molecular weight is 354 g/mol. The molecule has 2 heterocycles. The third-order valence-electron chi connectivity index (χ3n) is 3.39. The molecular weight excluding hydrogens is 338 g/mol. The van der Waals surface area contributed by atoms with Gasteiger partial charge in [0.05, 0.1) is 6.04 Å². The Morgan fingerprint density at radius 1 is 1.40 bits per heavy atom. The molecule has 106 valence electrons. The molecule has 2 atom stereocenters. The van der Waals surface area contributed by atoms with Crippen molar-refractivity contribution in [3.63, 3.8) is 0 Å². The first kappa shape index (κ1) is 13.9. The minimum Gasteiger partial charge on any atom is -0.486 e. The molecule has 1 N–H and O–H groups in total. The summed E-state index contributed by atoms with van der Waals surface area (Å²) in [6.45, 7) is 0.578. The summed E-state index contributed by atoms with van der Waals surface area (Å²) in [6.07, 6.45) is 0.957. The van der Waals surface area contributed by atoms with Crippen LogP contribution in [0.5, 0.6) is 11.5 Å². The fraction of sp³-hybridized carbons (Fsp3) is 0.333. The fourth-order valence-electron chi connectivity index (χ4n) is 2.33. The average Bonchev–Trinajstić information content (AvgIpc) is 2.89. The third-order valence-corrected chi connectivity index (χ3v) is 5.11. The molecular formula is C15H16BrNO2S. The van der Waals surface area contributed by atoms with Gasteiger partial charge in [-0.3, -0.25) is 0 Å². The Balaban J connectivity index is 1.71. The molecule has 0 amide bonds. The molecule has 2 aromatic rings. The van der Waals surface area contributed by atoms with E-state index in [0.717, 1.165) is 22.4 Å². The van der Waals surface area contributed by atoms with Gasteiger partial charge in [0.1, 0.15) is 12.7 Å². The maximum atomic E-state index is 6.07. The van der Waals surface area contributed by atoms with Crippen LogP contribution in [0.15, 0.2) is 40.2 Å². The van der Waals surface area contributed by atoms with Crippen molar-refractivity contribution in [3.05, 3.63) is 45.1 Å². The molecule has 2 unspecified atom stereocenters. The van der Waals surface area contributed by atoms with E-state index in [1.165, 1.54) is 4.88 Å². The highest BCUT2D eigenvalue weighted by Crippen LogP contribution is 2.32. The Morgan fingerprint density at radius 3 is 2.90 bits per heavy atom. The molecule has 5 heteroatoms. The number of hydrogen-bond donors (Lipinski definition) is 1. The number of fused-ring (bicyclic) bond motifs is 1. The smallest absolute Gasteiger partial charge is 0.161 e. The molecule has 0 aliphatic carbocycles. The van der Waals surface area contributed by atoms with Gasteiger partial charge < -0.3 is 14.8 Å². The summed E-state index contributed by atoms with van der Waals surface area (Å²) in [4.78, 5) is 1.33. The van der Waals surface area contributed by atoms with Crippen LogP contribution in [0, 0.1) is 0 Å². The molecule has 3 nitrogen and oxygen atoms in total. The maximum absolute atomic E-state index is 6.07. The molecule has 1 aromatic heterocycles. The summed E-state index contributed by atoms with van der Waals surface area (Å²) in [5.41, 5.74) is 0. The van der Waals surface area contributed by atoms with Gasteiger partial charge in [-0.25, -0.2) is 0 Å². The van der Waals surface area contributed by atoms with Gasteiger partial charge in [-0.15, -0.1) is 11.3 Å². The fourth-order valence-corrected chi connectivity index (χ4v) is 3.84. The summed E-state index contributed by atoms with van der Waals surface area (Å²) in [5, 5.41) is 5.45. The number of likely N-dealkylation sites (N-methyl/N-ethyl adjacent to an activating group) is 1. The lowest BCUT2D eigenvalue weighted by Gasteiger charge is -2.31. The van der Waals surface area contributed by atoms with E-state index < -0.39 is 0 Å². The van der Waals surface area contributed by atoms with Crippen LogP contribution < -0.4 is 14.8 Å². The lowest BCUT2D eigenvalue weighted by Crippen LogP contribution is -2.47. The minimum atomic E-state index is 0.0239. The number of hydrogen-bond acceptors (Lipinski definition) is 4. The summed E-state index contributed by atoms with van der Waals surface area (Å²) in [5.74, 6) is 1.66. The van der Waals surface area contributed by atoms with E-state index in [1.54, 1.807) is 11.3 Å². The molecule has 20 heavy (non-hydrogen) atoms. The van der Waals surface area contributed by atoms with Crippen LogP contribution in [0.2, 0.25) is 0 Å². The minimum absolute atomic E-state index is 0.0239. The summed E-state index contributed by atoms with van der Waals surface area (Å²) in [6, 6.07) is 10.2. The largest absolute Gasteiger partial charge is 0.486 e. The van der Waals surface area contributed by atoms with Gasteiger partial charge >= 0.3 is 0 Å². The van der Waals surface area contributed by atoms with Crippen molar-refractivity contribution in [2.24, 2.45) is 0 Å². The molecule has 0 saturated carbocycles. The van der Waals surface area contributed by atoms with Crippen LogP contribution in [-0.2, 0) is 6.42 Å². The van der Waals surface area contributed by atoms with Crippen molar-refractivity contribution in [1.29, 1.82) is 0 Å². The van der Waals surface area contributed by atoms with Crippen molar-refractivity contribution in [2.75, 3.05) is 13.7 Å². The number of para-hydroxylation sites is 2. The van der Waals surface area contributed by atoms with Crippen molar-refractivity contribution < 1.29 is 9.47 Å². The predicted molar refractivity (Wildman–Crippen MR) is 84.9 cm³/mol. The van der Waals surface area contributed by atoms with Crippen molar-refractivity contribution >= 4 is 27.3 Å².